The third-order valence-corrected chi connectivity index (χ3v) is 7.45. The lowest BCUT2D eigenvalue weighted by Gasteiger charge is -2.25. The Morgan fingerprint density at radius 3 is 2.41 bits per heavy atom. The molecule has 2 aromatic rings. The number of carbonyl (C=O) groups is 2. The molecule has 1 saturated heterocycles. The fourth-order valence-electron chi connectivity index (χ4n) is 3.57. The van der Waals surface area contributed by atoms with Gasteiger partial charge in [0.1, 0.15) is 17.8 Å². The molecule has 2 aromatic carbocycles. The number of hydrogen-bond donors (Lipinski definition) is 2. The second kappa shape index (κ2) is 10.1. The molecule has 0 aliphatic carbocycles. The number of hydrogen-bond acceptors (Lipinski definition) is 6. The van der Waals surface area contributed by atoms with Crippen molar-refractivity contribution in [2.75, 3.05) is 13.7 Å². The summed E-state index contributed by atoms with van der Waals surface area (Å²) in [5.41, 5.74) is 0.683. The van der Waals surface area contributed by atoms with E-state index in [-0.39, 0.29) is 33.7 Å². The van der Waals surface area contributed by atoms with Gasteiger partial charge in [0.15, 0.2) is 0 Å². The van der Waals surface area contributed by atoms with Gasteiger partial charge in [-0.25, -0.2) is 13.2 Å². The number of nitrogens with one attached hydrogen (secondary N) is 1. The van der Waals surface area contributed by atoms with Crippen molar-refractivity contribution in [3.63, 3.8) is 0 Å². The summed E-state index contributed by atoms with van der Waals surface area (Å²) in [6.45, 7) is 0.144. The van der Waals surface area contributed by atoms with Crippen LogP contribution in [0.1, 0.15) is 18.4 Å². The molecular weight excluding hydrogens is 479 g/mol. The topological polar surface area (TPSA) is 113 Å². The standard InChI is InChI=1S/C21H22Cl2N2O6S/c1-31-21(28)18(9-13-4-6-16(26)7-5-13)24-20(27)19-3-2-8-25(19)32(29,30)17-11-14(22)10-15(23)12-17/h4-7,10-12,18-19,26H,2-3,8-9H2,1H3,(H,24,27)/t18-,19-/m0/s1. The van der Waals surface area contributed by atoms with Crippen LogP contribution in [0.15, 0.2) is 47.4 Å². The van der Waals surface area contributed by atoms with Crippen LogP contribution in [0.2, 0.25) is 10.0 Å². The number of sulfonamides is 1. The minimum absolute atomic E-state index is 0.0697. The number of carbonyl (C=O) groups excluding carboxylic acids is 2. The number of ether oxygens (including phenoxy) is 1. The first-order valence-electron chi connectivity index (χ1n) is 9.76. The zero-order valence-electron chi connectivity index (χ0n) is 17.1. The first-order valence-corrected chi connectivity index (χ1v) is 12.0. The highest BCUT2D eigenvalue weighted by Gasteiger charge is 2.40. The molecule has 0 bridgehead atoms. The number of nitrogens with zero attached hydrogens (tertiary/aromatic N) is 1. The summed E-state index contributed by atoms with van der Waals surface area (Å²) in [5, 5.41) is 12.4. The average Bonchev–Trinajstić information content (AvgIpc) is 3.24. The number of aromatic hydroxyl groups is 1. The van der Waals surface area contributed by atoms with Crippen LogP contribution in [-0.2, 0) is 30.8 Å². The van der Waals surface area contributed by atoms with Crippen molar-refractivity contribution >= 4 is 45.1 Å². The Balaban J connectivity index is 1.81. The summed E-state index contributed by atoms with van der Waals surface area (Å²) in [4.78, 5) is 25.2. The molecule has 0 aromatic heterocycles. The molecule has 8 nitrogen and oxygen atoms in total. The van der Waals surface area contributed by atoms with E-state index in [1.807, 2.05) is 0 Å². The van der Waals surface area contributed by atoms with Crippen molar-refractivity contribution in [3.05, 3.63) is 58.1 Å². The largest absolute Gasteiger partial charge is 0.508 e. The highest BCUT2D eigenvalue weighted by molar-refractivity contribution is 7.89. The van der Waals surface area contributed by atoms with Crippen molar-refractivity contribution in [3.8, 4) is 5.75 Å². The normalized spacial score (nSPS) is 17.7. The number of phenols is 1. The number of esters is 1. The predicted molar refractivity (Wildman–Crippen MR) is 119 cm³/mol. The monoisotopic (exact) mass is 500 g/mol. The Morgan fingerprint density at radius 1 is 1.19 bits per heavy atom. The number of phenolic OH excluding ortho intramolecular Hbond substituents is 1. The van der Waals surface area contributed by atoms with E-state index in [0.717, 1.165) is 4.31 Å². The van der Waals surface area contributed by atoms with Crippen molar-refractivity contribution in [2.24, 2.45) is 0 Å². The van der Waals surface area contributed by atoms with E-state index in [2.05, 4.69) is 5.32 Å². The van der Waals surface area contributed by atoms with Crippen LogP contribution in [0.25, 0.3) is 0 Å². The highest BCUT2D eigenvalue weighted by atomic mass is 35.5. The molecule has 11 heteroatoms. The average molecular weight is 501 g/mol. The third kappa shape index (κ3) is 5.53. The van der Waals surface area contributed by atoms with E-state index in [1.165, 1.54) is 37.4 Å². The van der Waals surface area contributed by atoms with Gasteiger partial charge in [-0.05, 0) is 48.7 Å². The SMILES string of the molecule is COC(=O)[C@H](Cc1ccc(O)cc1)NC(=O)[C@@H]1CCCN1S(=O)(=O)c1cc(Cl)cc(Cl)c1. The molecule has 1 heterocycles. The number of methoxy groups -OCH3 is 1. The van der Waals surface area contributed by atoms with Crippen LogP contribution in [0.4, 0.5) is 0 Å². The van der Waals surface area contributed by atoms with Gasteiger partial charge in [0.25, 0.3) is 0 Å². The van der Waals surface area contributed by atoms with Crippen molar-refractivity contribution < 1.29 is 27.9 Å². The molecule has 172 valence electrons. The van der Waals surface area contributed by atoms with Crippen LogP contribution in [0.3, 0.4) is 0 Å². The lowest BCUT2D eigenvalue weighted by atomic mass is 10.1. The van der Waals surface area contributed by atoms with Crippen LogP contribution in [0.5, 0.6) is 5.75 Å². The van der Waals surface area contributed by atoms with Crippen molar-refractivity contribution in [1.29, 1.82) is 0 Å². The maximum atomic E-state index is 13.2. The lowest BCUT2D eigenvalue weighted by Crippen LogP contribution is -2.51. The van der Waals surface area contributed by atoms with Gasteiger partial charge in [-0.1, -0.05) is 35.3 Å². The van der Waals surface area contributed by atoms with Gasteiger partial charge in [0.05, 0.1) is 12.0 Å². The van der Waals surface area contributed by atoms with E-state index < -0.39 is 34.0 Å². The van der Waals surface area contributed by atoms with E-state index >= 15 is 0 Å². The van der Waals surface area contributed by atoms with E-state index in [1.54, 1.807) is 12.1 Å². The molecule has 1 amide bonds. The molecule has 0 saturated carbocycles. The first kappa shape index (κ1) is 24.3. The zero-order chi connectivity index (χ0) is 23.5. The van der Waals surface area contributed by atoms with Crippen LogP contribution in [0, 0.1) is 0 Å². The molecule has 0 spiro atoms. The first-order chi connectivity index (χ1) is 15.1. The number of benzene rings is 2. The predicted octanol–water partition coefficient (Wildman–Crippen LogP) is 2.75. The summed E-state index contributed by atoms with van der Waals surface area (Å²) >= 11 is 11.9. The molecule has 1 aliphatic rings. The summed E-state index contributed by atoms with van der Waals surface area (Å²) in [7, 11) is -2.84. The van der Waals surface area contributed by atoms with E-state index in [4.69, 9.17) is 27.9 Å². The maximum absolute atomic E-state index is 13.2. The Morgan fingerprint density at radius 2 is 1.81 bits per heavy atom. The molecule has 1 fully saturated rings. The number of rotatable bonds is 7. The lowest BCUT2D eigenvalue weighted by molar-refractivity contribution is -0.145. The summed E-state index contributed by atoms with van der Waals surface area (Å²) in [6.07, 6.45) is 0.890. The van der Waals surface area contributed by atoms with Crippen molar-refractivity contribution in [2.45, 2.75) is 36.2 Å². The minimum Gasteiger partial charge on any atom is -0.508 e. The molecule has 0 unspecified atom stereocenters. The molecule has 2 N–H and O–H groups in total. The zero-order valence-corrected chi connectivity index (χ0v) is 19.5. The summed E-state index contributed by atoms with van der Waals surface area (Å²) < 4.78 is 32.2. The number of amides is 1. The Bertz CT molecular complexity index is 1090. The van der Waals surface area contributed by atoms with Crippen LogP contribution < -0.4 is 5.32 Å². The van der Waals surface area contributed by atoms with Crippen LogP contribution >= 0.6 is 23.2 Å². The fourth-order valence-corrected chi connectivity index (χ4v) is 5.96. The third-order valence-electron chi connectivity index (χ3n) is 5.13. The Labute approximate surface area is 196 Å². The molecule has 0 radical (unpaired) electrons. The van der Waals surface area contributed by atoms with Gasteiger partial charge in [-0.3, -0.25) is 4.79 Å². The highest BCUT2D eigenvalue weighted by Crippen LogP contribution is 2.30. The second-order valence-corrected chi connectivity index (χ2v) is 10.1. The van der Waals surface area contributed by atoms with Crippen molar-refractivity contribution in [1.82, 2.24) is 9.62 Å². The van der Waals surface area contributed by atoms with Gasteiger partial charge in [-0.15, -0.1) is 0 Å². The van der Waals surface area contributed by atoms with Gasteiger partial charge in [0, 0.05) is 23.0 Å². The summed E-state index contributed by atoms with van der Waals surface area (Å²) in [5.74, 6) is -1.20. The van der Waals surface area contributed by atoms with Gasteiger partial charge < -0.3 is 15.2 Å². The number of halogens is 2. The Kier molecular flexibility index (Phi) is 7.66. The van der Waals surface area contributed by atoms with Gasteiger partial charge >= 0.3 is 5.97 Å². The maximum Gasteiger partial charge on any atom is 0.328 e. The fraction of sp³-hybridized carbons (Fsp3) is 0.333. The molecular formula is C21H22Cl2N2O6S. The summed E-state index contributed by atoms with van der Waals surface area (Å²) in [6, 6.07) is 8.11. The molecule has 32 heavy (non-hydrogen) atoms. The molecule has 3 rings (SSSR count). The Hall–Kier alpha value is -2.33. The molecule has 2 atom stereocenters. The van der Waals surface area contributed by atoms with E-state index in [0.29, 0.717) is 18.4 Å². The quantitative estimate of drug-likeness (QED) is 0.565. The van der Waals surface area contributed by atoms with Gasteiger partial charge in [-0.2, -0.15) is 4.31 Å². The molecule has 1 aliphatic heterocycles. The smallest absolute Gasteiger partial charge is 0.328 e. The van der Waals surface area contributed by atoms with E-state index in [9.17, 15) is 23.1 Å². The van der Waals surface area contributed by atoms with Crippen LogP contribution in [-0.4, -0.2) is 55.4 Å². The second-order valence-electron chi connectivity index (χ2n) is 7.33. The minimum atomic E-state index is -4.04. The van der Waals surface area contributed by atoms with Gasteiger partial charge in [0.2, 0.25) is 15.9 Å².